The monoisotopic (exact) mass is 436 g/mol. The fourth-order valence-electron chi connectivity index (χ4n) is 4.53. The largest absolute Gasteiger partial charge is 0.492 e. The lowest BCUT2D eigenvalue weighted by Gasteiger charge is -2.19. The molecule has 1 saturated carbocycles. The van der Waals surface area contributed by atoms with Crippen LogP contribution in [0.5, 0.6) is 5.75 Å². The minimum absolute atomic E-state index is 0.0987. The maximum atomic E-state index is 12.9. The van der Waals surface area contributed by atoms with Crippen molar-refractivity contribution in [1.82, 2.24) is 19.4 Å². The van der Waals surface area contributed by atoms with E-state index in [1.807, 2.05) is 13.1 Å². The number of hydrogen-bond donors (Lipinski definition) is 0. The lowest BCUT2D eigenvalue weighted by Crippen LogP contribution is -2.26. The summed E-state index contributed by atoms with van der Waals surface area (Å²) in [7, 11) is 2.01. The summed E-state index contributed by atoms with van der Waals surface area (Å²) in [6.07, 6.45) is -0.877. The van der Waals surface area contributed by atoms with Crippen molar-refractivity contribution in [3.8, 4) is 5.75 Å². The number of fused-ring (bicyclic) bond motifs is 2. The van der Waals surface area contributed by atoms with Gasteiger partial charge in [-0.2, -0.15) is 13.2 Å². The van der Waals surface area contributed by atoms with Gasteiger partial charge in [0.05, 0.1) is 35.5 Å². The van der Waals surface area contributed by atoms with Gasteiger partial charge in [0.25, 0.3) is 0 Å². The second-order valence-corrected chi connectivity index (χ2v) is 8.50. The molecule has 2 aromatic heterocycles. The molecule has 2 aliphatic rings. The first kappa shape index (κ1) is 19.6. The molecule has 158 valence electrons. The van der Waals surface area contributed by atoms with Gasteiger partial charge in [-0.05, 0) is 36.1 Å². The van der Waals surface area contributed by atoms with Gasteiger partial charge < -0.3 is 9.30 Å². The van der Waals surface area contributed by atoms with Crippen molar-refractivity contribution in [1.29, 1.82) is 0 Å². The van der Waals surface area contributed by atoms with Gasteiger partial charge in [0.1, 0.15) is 17.1 Å². The molecule has 3 aromatic rings. The fraction of sp³-hybridized carbons (Fsp3) is 0.429. The molecule has 1 saturated heterocycles. The Morgan fingerprint density at radius 2 is 1.97 bits per heavy atom. The zero-order chi connectivity index (χ0) is 21.0. The number of alkyl halides is 3. The van der Waals surface area contributed by atoms with Crippen LogP contribution in [0.1, 0.15) is 11.4 Å². The Morgan fingerprint density at radius 1 is 1.20 bits per heavy atom. The highest BCUT2D eigenvalue weighted by Gasteiger charge is 2.55. The predicted octanol–water partition coefficient (Wildman–Crippen LogP) is 4.40. The molecule has 0 radical (unpaired) electrons. The van der Waals surface area contributed by atoms with Crippen LogP contribution in [0.15, 0.2) is 36.7 Å². The first-order valence-electron chi connectivity index (χ1n) is 9.78. The van der Waals surface area contributed by atoms with Crippen molar-refractivity contribution >= 4 is 22.6 Å². The van der Waals surface area contributed by atoms with E-state index in [2.05, 4.69) is 19.4 Å². The molecule has 30 heavy (non-hydrogen) atoms. The molecule has 5 nitrogen and oxygen atoms in total. The third-order valence-electron chi connectivity index (χ3n) is 6.28. The molecule has 2 fully saturated rings. The molecular weight excluding hydrogens is 417 g/mol. The van der Waals surface area contributed by atoms with Crippen LogP contribution in [-0.2, 0) is 19.8 Å². The predicted molar refractivity (Wildman–Crippen MR) is 106 cm³/mol. The molecule has 9 heteroatoms. The van der Waals surface area contributed by atoms with Crippen molar-refractivity contribution in [2.45, 2.75) is 12.7 Å². The van der Waals surface area contributed by atoms with Crippen molar-refractivity contribution in [2.75, 3.05) is 19.7 Å². The SMILES string of the molecule is Cn1c(CN2C[C@@H]3C(COc4cc(C(F)(F)F)ccc4Cl)[C@@H]3C2)nc2cnccc21. The van der Waals surface area contributed by atoms with E-state index in [9.17, 15) is 13.2 Å². The zero-order valence-corrected chi connectivity index (χ0v) is 17.0. The van der Waals surface area contributed by atoms with E-state index >= 15 is 0 Å². The summed E-state index contributed by atoms with van der Waals surface area (Å²) < 4.78 is 46.5. The summed E-state index contributed by atoms with van der Waals surface area (Å²) >= 11 is 6.02. The maximum absolute atomic E-state index is 12.9. The number of likely N-dealkylation sites (tertiary alicyclic amines) is 1. The van der Waals surface area contributed by atoms with Gasteiger partial charge in [0.2, 0.25) is 0 Å². The Labute approximate surface area is 176 Å². The third kappa shape index (κ3) is 3.52. The number of nitrogens with zero attached hydrogens (tertiary/aromatic N) is 4. The van der Waals surface area contributed by atoms with Gasteiger partial charge in [-0.1, -0.05) is 11.6 Å². The number of ether oxygens (including phenoxy) is 1. The first-order chi connectivity index (χ1) is 14.3. The highest BCUT2D eigenvalue weighted by molar-refractivity contribution is 6.32. The topological polar surface area (TPSA) is 43.2 Å². The highest BCUT2D eigenvalue weighted by atomic mass is 35.5. The maximum Gasteiger partial charge on any atom is 0.416 e. The molecule has 0 amide bonds. The summed E-state index contributed by atoms with van der Waals surface area (Å²) in [4.78, 5) is 11.2. The number of aromatic nitrogens is 3. The Balaban J connectivity index is 1.17. The van der Waals surface area contributed by atoms with Crippen LogP contribution in [0.4, 0.5) is 13.2 Å². The number of pyridine rings is 1. The zero-order valence-electron chi connectivity index (χ0n) is 16.2. The number of piperidine rings is 1. The summed E-state index contributed by atoms with van der Waals surface area (Å²) in [5.74, 6) is 2.47. The molecule has 3 atom stereocenters. The van der Waals surface area contributed by atoms with E-state index < -0.39 is 11.7 Å². The van der Waals surface area contributed by atoms with E-state index in [1.165, 1.54) is 6.07 Å². The molecule has 3 heterocycles. The molecule has 1 aliphatic heterocycles. The lowest BCUT2D eigenvalue weighted by molar-refractivity contribution is -0.137. The smallest absolute Gasteiger partial charge is 0.416 e. The van der Waals surface area contributed by atoms with Gasteiger partial charge >= 0.3 is 6.18 Å². The number of imidazole rings is 1. The van der Waals surface area contributed by atoms with E-state index in [1.54, 1.807) is 12.4 Å². The minimum atomic E-state index is -4.41. The van der Waals surface area contributed by atoms with E-state index in [4.69, 9.17) is 16.3 Å². The van der Waals surface area contributed by atoms with Crippen LogP contribution < -0.4 is 4.74 Å². The van der Waals surface area contributed by atoms with Crippen molar-refractivity contribution < 1.29 is 17.9 Å². The molecule has 1 aliphatic carbocycles. The van der Waals surface area contributed by atoms with E-state index in [-0.39, 0.29) is 10.8 Å². The lowest BCUT2D eigenvalue weighted by atomic mass is 10.2. The first-order valence-corrected chi connectivity index (χ1v) is 10.2. The standard InChI is InChI=1S/C21H20ClF3N4O/c1-28-18-4-5-26-7-17(18)27-20(28)10-29-8-13-14(9-29)15(13)11-30-19-6-12(21(23,24)25)2-3-16(19)22/h2-7,13-15H,8-11H2,1H3/t13-,14+,15?. The van der Waals surface area contributed by atoms with Gasteiger partial charge in [0, 0.05) is 32.3 Å². The summed E-state index contributed by atoms with van der Waals surface area (Å²) in [6.45, 7) is 3.04. The fourth-order valence-corrected chi connectivity index (χ4v) is 4.70. The van der Waals surface area contributed by atoms with Crippen LogP contribution in [0.3, 0.4) is 0 Å². The highest BCUT2D eigenvalue weighted by Crippen LogP contribution is 2.52. The van der Waals surface area contributed by atoms with Crippen LogP contribution in [0.2, 0.25) is 5.02 Å². The van der Waals surface area contributed by atoms with Crippen LogP contribution >= 0.6 is 11.6 Å². The number of benzene rings is 1. The van der Waals surface area contributed by atoms with Crippen molar-refractivity contribution in [3.63, 3.8) is 0 Å². The molecule has 0 spiro atoms. The molecule has 5 rings (SSSR count). The minimum Gasteiger partial charge on any atom is -0.492 e. The molecule has 1 unspecified atom stereocenters. The normalized spacial score (nSPS) is 23.7. The Kier molecular flexibility index (Phi) is 4.67. The van der Waals surface area contributed by atoms with Crippen molar-refractivity contribution in [3.05, 3.63) is 53.1 Å². The van der Waals surface area contributed by atoms with E-state index in [0.717, 1.165) is 48.6 Å². The number of hydrogen-bond acceptors (Lipinski definition) is 4. The van der Waals surface area contributed by atoms with E-state index in [0.29, 0.717) is 24.4 Å². The molecule has 0 N–H and O–H groups in total. The molecular formula is C21H20ClF3N4O. The number of halogens is 4. The van der Waals surface area contributed by atoms with Crippen LogP contribution in [0.25, 0.3) is 11.0 Å². The van der Waals surface area contributed by atoms with Gasteiger partial charge in [-0.25, -0.2) is 4.98 Å². The van der Waals surface area contributed by atoms with Gasteiger partial charge in [-0.15, -0.1) is 0 Å². The van der Waals surface area contributed by atoms with Gasteiger partial charge in [0.15, 0.2) is 0 Å². The van der Waals surface area contributed by atoms with Crippen molar-refractivity contribution in [2.24, 2.45) is 24.8 Å². The number of rotatable bonds is 5. The molecule has 0 bridgehead atoms. The Bertz CT molecular complexity index is 1090. The van der Waals surface area contributed by atoms with Crippen LogP contribution in [0, 0.1) is 17.8 Å². The van der Waals surface area contributed by atoms with Gasteiger partial charge in [-0.3, -0.25) is 9.88 Å². The summed E-state index contributed by atoms with van der Waals surface area (Å²) in [5, 5.41) is 0.201. The Hall–Kier alpha value is -2.32. The molecule has 1 aromatic carbocycles. The van der Waals surface area contributed by atoms with Crippen LogP contribution in [-0.4, -0.2) is 39.1 Å². The number of aryl methyl sites for hydroxylation is 1. The average Bonchev–Trinajstić information content (AvgIpc) is 3.02. The second-order valence-electron chi connectivity index (χ2n) is 8.09. The summed E-state index contributed by atoms with van der Waals surface area (Å²) in [5.41, 5.74) is 1.21. The Morgan fingerprint density at radius 3 is 2.67 bits per heavy atom. The third-order valence-corrected chi connectivity index (χ3v) is 6.59. The summed E-state index contributed by atoms with van der Waals surface area (Å²) in [6, 6.07) is 5.14. The second kappa shape index (κ2) is 7.13. The average molecular weight is 437 g/mol. The quantitative estimate of drug-likeness (QED) is 0.594.